The number of imide groups is 1. The number of halogens is 1. The first-order valence-corrected chi connectivity index (χ1v) is 10.1. The van der Waals surface area contributed by atoms with E-state index in [2.05, 4.69) is 0 Å². The van der Waals surface area contributed by atoms with Crippen molar-refractivity contribution >= 4 is 35.0 Å². The second-order valence-electron chi connectivity index (χ2n) is 7.38. The number of anilines is 1. The summed E-state index contributed by atoms with van der Waals surface area (Å²) in [4.78, 5) is 42.1. The lowest BCUT2D eigenvalue weighted by Gasteiger charge is -2.49. The number of ether oxygens (including phenoxy) is 1. The Balaban J connectivity index is 1.60. The zero-order valence-electron chi connectivity index (χ0n) is 16.5. The number of carbonyl (C=O) groups excluding carboxylic acids is 3. The molecule has 0 spiro atoms. The third kappa shape index (κ3) is 2.91. The van der Waals surface area contributed by atoms with E-state index in [1.165, 1.54) is 0 Å². The Morgan fingerprint density at radius 3 is 2.03 bits per heavy atom. The van der Waals surface area contributed by atoms with Gasteiger partial charge in [0.25, 0.3) is 17.7 Å². The van der Waals surface area contributed by atoms with Crippen LogP contribution >= 0.6 is 11.6 Å². The van der Waals surface area contributed by atoms with Crippen LogP contribution in [0, 0.1) is 0 Å². The van der Waals surface area contributed by atoms with Crippen LogP contribution in [-0.4, -0.2) is 35.8 Å². The molecule has 0 saturated carbocycles. The average molecular weight is 433 g/mol. The van der Waals surface area contributed by atoms with E-state index < -0.39 is 23.9 Å². The van der Waals surface area contributed by atoms with Crippen molar-refractivity contribution in [3.8, 4) is 5.75 Å². The third-order valence-electron chi connectivity index (χ3n) is 5.71. The molecule has 31 heavy (non-hydrogen) atoms. The zero-order valence-corrected chi connectivity index (χ0v) is 17.2. The zero-order chi connectivity index (χ0) is 21.7. The molecule has 3 aromatic rings. The second kappa shape index (κ2) is 7.25. The Hall–Kier alpha value is -3.64. The largest absolute Gasteiger partial charge is 0.497 e. The molecular formula is C24H17ClN2O4. The molecule has 2 aliphatic rings. The van der Waals surface area contributed by atoms with Crippen LogP contribution in [-0.2, 0) is 4.79 Å². The summed E-state index contributed by atoms with van der Waals surface area (Å²) in [5.74, 6) is -0.621. The number of β-lactam (4-membered cyclic amide) rings is 1. The molecule has 0 aliphatic carbocycles. The lowest BCUT2D eigenvalue weighted by Crippen LogP contribution is -2.67. The summed E-state index contributed by atoms with van der Waals surface area (Å²) in [6, 6.07) is 19.3. The molecule has 0 radical (unpaired) electrons. The number of nitrogens with zero attached hydrogens (tertiary/aromatic N) is 2. The number of rotatable bonds is 4. The summed E-state index contributed by atoms with van der Waals surface area (Å²) < 4.78 is 5.34. The van der Waals surface area contributed by atoms with Gasteiger partial charge >= 0.3 is 0 Å². The first kappa shape index (κ1) is 19.3. The van der Waals surface area contributed by atoms with Gasteiger partial charge in [-0.15, -0.1) is 0 Å². The minimum atomic E-state index is -0.949. The molecule has 1 saturated heterocycles. The molecule has 0 bridgehead atoms. The van der Waals surface area contributed by atoms with Crippen molar-refractivity contribution in [1.82, 2.24) is 4.90 Å². The van der Waals surface area contributed by atoms with Crippen LogP contribution in [0.15, 0.2) is 72.8 Å². The van der Waals surface area contributed by atoms with E-state index in [1.807, 2.05) is 18.2 Å². The second-order valence-corrected chi connectivity index (χ2v) is 7.81. The molecule has 3 aromatic carbocycles. The number of methoxy groups -OCH3 is 1. The van der Waals surface area contributed by atoms with Crippen molar-refractivity contribution in [3.05, 3.63) is 94.5 Å². The number of carbonyl (C=O) groups is 3. The normalized spacial score (nSPS) is 20.0. The van der Waals surface area contributed by atoms with Gasteiger partial charge in [-0.25, -0.2) is 0 Å². The fourth-order valence-corrected chi connectivity index (χ4v) is 4.36. The van der Waals surface area contributed by atoms with Gasteiger partial charge in [0, 0.05) is 10.7 Å². The van der Waals surface area contributed by atoms with Crippen LogP contribution in [0.25, 0.3) is 0 Å². The number of benzene rings is 3. The fourth-order valence-electron chi connectivity index (χ4n) is 4.23. The van der Waals surface area contributed by atoms with E-state index >= 15 is 0 Å². The minimum absolute atomic E-state index is 0.314. The van der Waals surface area contributed by atoms with Crippen LogP contribution in [0.2, 0.25) is 5.02 Å². The van der Waals surface area contributed by atoms with Gasteiger partial charge in [0.1, 0.15) is 11.8 Å². The number of amides is 3. The number of hydrogen-bond acceptors (Lipinski definition) is 4. The molecule has 0 unspecified atom stereocenters. The van der Waals surface area contributed by atoms with E-state index in [0.29, 0.717) is 27.6 Å². The summed E-state index contributed by atoms with van der Waals surface area (Å²) in [7, 11) is 1.56. The molecule has 7 heteroatoms. The van der Waals surface area contributed by atoms with E-state index in [0.717, 1.165) is 10.5 Å². The number of hydrogen-bond donors (Lipinski definition) is 0. The van der Waals surface area contributed by atoms with Gasteiger partial charge in [0.2, 0.25) is 0 Å². The Morgan fingerprint density at radius 2 is 1.42 bits per heavy atom. The van der Waals surface area contributed by atoms with Crippen LogP contribution in [0.3, 0.4) is 0 Å². The van der Waals surface area contributed by atoms with Gasteiger partial charge < -0.3 is 9.64 Å². The molecule has 1 fully saturated rings. The van der Waals surface area contributed by atoms with E-state index in [1.54, 1.807) is 66.6 Å². The summed E-state index contributed by atoms with van der Waals surface area (Å²) in [6.07, 6.45) is 0. The summed E-state index contributed by atoms with van der Waals surface area (Å²) in [5.41, 5.74) is 2.02. The SMILES string of the molecule is COc1cccc([C@H]2[C@@H](N3C(=O)c4ccccc4C3=O)C(=O)N2c2ccc(Cl)cc2)c1. The van der Waals surface area contributed by atoms with Crippen LogP contribution < -0.4 is 9.64 Å². The Labute approximate surface area is 183 Å². The van der Waals surface area contributed by atoms with Gasteiger partial charge in [-0.3, -0.25) is 19.3 Å². The highest BCUT2D eigenvalue weighted by Crippen LogP contribution is 2.44. The minimum Gasteiger partial charge on any atom is -0.497 e. The smallest absolute Gasteiger partial charge is 0.262 e. The van der Waals surface area contributed by atoms with Crippen molar-refractivity contribution in [3.63, 3.8) is 0 Å². The quantitative estimate of drug-likeness (QED) is 0.460. The molecule has 2 heterocycles. The van der Waals surface area contributed by atoms with Gasteiger partial charge in [-0.05, 0) is 54.1 Å². The van der Waals surface area contributed by atoms with E-state index in [4.69, 9.17) is 16.3 Å². The standard InChI is InChI=1S/C24H17ClN2O4/c1-31-17-6-4-5-14(13-17)20-21(24(30)26(20)16-11-9-15(25)10-12-16)27-22(28)18-7-2-3-8-19(18)23(27)29/h2-13,20-21H,1H3/t20-,21+/m0/s1. The Kier molecular flexibility index (Phi) is 4.52. The summed E-state index contributed by atoms with van der Waals surface area (Å²) >= 11 is 6.01. The highest BCUT2D eigenvalue weighted by atomic mass is 35.5. The summed E-state index contributed by atoms with van der Waals surface area (Å²) in [6.45, 7) is 0. The monoisotopic (exact) mass is 432 g/mol. The van der Waals surface area contributed by atoms with Gasteiger partial charge in [0.05, 0.1) is 24.3 Å². The topological polar surface area (TPSA) is 66.9 Å². The van der Waals surface area contributed by atoms with Gasteiger partial charge in [-0.1, -0.05) is 35.9 Å². The average Bonchev–Trinajstić information content (AvgIpc) is 3.04. The molecule has 0 aromatic heterocycles. The van der Waals surface area contributed by atoms with Crippen molar-refractivity contribution in [1.29, 1.82) is 0 Å². The summed E-state index contributed by atoms with van der Waals surface area (Å²) in [5, 5.41) is 0.548. The first-order chi connectivity index (χ1) is 15.0. The first-order valence-electron chi connectivity index (χ1n) is 9.71. The molecule has 5 rings (SSSR count). The molecule has 3 amide bonds. The predicted molar refractivity (Wildman–Crippen MR) is 115 cm³/mol. The van der Waals surface area contributed by atoms with Gasteiger partial charge in [-0.2, -0.15) is 0 Å². The van der Waals surface area contributed by atoms with Crippen LogP contribution in [0.4, 0.5) is 5.69 Å². The molecule has 154 valence electrons. The molecule has 6 nitrogen and oxygen atoms in total. The highest BCUT2D eigenvalue weighted by Gasteiger charge is 2.57. The maximum Gasteiger partial charge on any atom is 0.262 e. The molecule has 2 aliphatic heterocycles. The molecular weight excluding hydrogens is 416 g/mol. The van der Waals surface area contributed by atoms with Crippen LogP contribution in [0.1, 0.15) is 32.3 Å². The Morgan fingerprint density at radius 1 is 0.774 bits per heavy atom. The van der Waals surface area contributed by atoms with Crippen molar-refractivity contribution < 1.29 is 19.1 Å². The van der Waals surface area contributed by atoms with Crippen molar-refractivity contribution in [2.24, 2.45) is 0 Å². The van der Waals surface area contributed by atoms with Crippen molar-refractivity contribution in [2.45, 2.75) is 12.1 Å². The van der Waals surface area contributed by atoms with Gasteiger partial charge in [0.15, 0.2) is 0 Å². The van der Waals surface area contributed by atoms with Crippen molar-refractivity contribution in [2.75, 3.05) is 12.0 Å². The van der Waals surface area contributed by atoms with E-state index in [9.17, 15) is 14.4 Å². The fraction of sp³-hybridized carbons (Fsp3) is 0.125. The lowest BCUT2D eigenvalue weighted by molar-refractivity contribution is -0.130. The predicted octanol–water partition coefficient (Wildman–Crippen LogP) is 4.10. The Bertz CT molecular complexity index is 1190. The maximum atomic E-state index is 13.3. The maximum absolute atomic E-state index is 13.3. The number of fused-ring (bicyclic) bond motifs is 1. The third-order valence-corrected chi connectivity index (χ3v) is 5.96. The highest BCUT2D eigenvalue weighted by molar-refractivity contribution is 6.30. The van der Waals surface area contributed by atoms with Crippen LogP contribution in [0.5, 0.6) is 5.75 Å². The molecule has 0 N–H and O–H groups in total. The van der Waals surface area contributed by atoms with E-state index in [-0.39, 0.29) is 5.91 Å². The molecule has 2 atom stereocenters. The lowest BCUT2D eigenvalue weighted by atomic mass is 9.86.